The summed E-state index contributed by atoms with van der Waals surface area (Å²) in [4.78, 5) is 10.9. The molecule has 6 rings (SSSR count). The molecule has 0 spiro atoms. The first-order chi connectivity index (χ1) is 16.0. The van der Waals surface area contributed by atoms with Crippen LogP contribution in [0.25, 0.3) is 22.2 Å². The van der Waals surface area contributed by atoms with Crippen LogP contribution in [-0.4, -0.2) is 39.3 Å². The van der Waals surface area contributed by atoms with Gasteiger partial charge in [0.2, 0.25) is 6.79 Å². The average Bonchev–Trinajstić information content (AvgIpc) is 3.51. The second kappa shape index (κ2) is 7.70. The van der Waals surface area contributed by atoms with Crippen LogP contribution in [0.5, 0.6) is 11.5 Å². The number of likely N-dealkylation sites (tertiary alicyclic amines) is 1. The zero-order valence-corrected chi connectivity index (χ0v) is 17.7. The smallest absolute Gasteiger partial charge is 0.231 e. The Kier molecular flexibility index (Phi) is 4.65. The molecule has 0 unspecified atom stereocenters. The van der Waals surface area contributed by atoms with Gasteiger partial charge in [-0.05, 0) is 41.8 Å². The van der Waals surface area contributed by atoms with Gasteiger partial charge in [-0.15, -0.1) is 0 Å². The fraction of sp³-hybridized carbons (Fsp3) is 0.250. The summed E-state index contributed by atoms with van der Waals surface area (Å²) in [6, 6.07) is 9.59. The van der Waals surface area contributed by atoms with E-state index in [9.17, 15) is 8.78 Å². The van der Waals surface area contributed by atoms with Gasteiger partial charge in [0.05, 0.1) is 5.39 Å². The molecule has 33 heavy (non-hydrogen) atoms. The number of aromatic nitrogens is 3. The summed E-state index contributed by atoms with van der Waals surface area (Å²) in [6.45, 7) is 2.23. The zero-order valence-electron chi connectivity index (χ0n) is 17.7. The zero-order chi connectivity index (χ0) is 22.5. The molecular weight excluding hydrogens is 428 g/mol. The van der Waals surface area contributed by atoms with Crippen LogP contribution in [0.2, 0.25) is 0 Å². The van der Waals surface area contributed by atoms with E-state index in [1.165, 1.54) is 18.5 Å². The maximum atomic E-state index is 13.6. The summed E-state index contributed by atoms with van der Waals surface area (Å²) < 4.78 is 40.3. The van der Waals surface area contributed by atoms with Gasteiger partial charge >= 0.3 is 0 Å². The summed E-state index contributed by atoms with van der Waals surface area (Å²) in [5.41, 5.74) is 9.52. The minimum Gasteiger partial charge on any atom is -0.454 e. The summed E-state index contributed by atoms with van der Waals surface area (Å²) in [5.74, 6) is 0.706. The highest BCUT2D eigenvalue weighted by molar-refractivity contribution is 6.01. The highest BCUT2D eigenvalue weighted by atomic mass is 19.1. The Balaban J connectivity index is 1.33. The predicted octanol–water partition coefficient (Wildman–Crippen LogP) is 4.13. The third kappa shape index (κ3) is 3.54. The highest BCUT2D eigenvalue weighted by Gasteiger charge is 2.28. The van der Waals surface area contributed by atoms with Gasteiger partial charge in [0.1, 0.15) is 29.4 Å². The van der Waals surface area contributed by atoms with Crippen molar-refractivity contribution in [2.45, 2.75) is 19.0 Å². The van der Waals surface area contributed by atoms with Gasteiger partial charge in [0, 0.05) is 43.5 Å². The second-order valence-corrected chi connectivity index (χ2v) is 8.43. The van der Waals surface area contributed by atoms with Crippen LogP contribution in [0.3, 0.4) is 0 Å². The minimum atomic E-state index is -0.558. The molecule has 2 aromatic heterocycles. The normalized spacial score (nSPS) is 17.8. The number of rotatable bonds is 4. The molecule has 1 fully saturated rings. The molecule has 9 heteroatoms. The Morgan fingerprint density at radius 2 is 1.85 bits per heavy atom. The largest absolute Gasteiger partial charge is 0.454 e. The van der Waals surface area contributed by atoms with Gasteiger partial charge in [0.15, 0.2) is 11.5 Å². The number of nitrogens with zero attached hydrogens (tertiary/aromatic N) is 4. The highest BCUT2D eigenvalue weighted by Crippen LogP contribution is 2.41. The standard InChI is InChI=1S/C24H21F2N5O2/c25-16-5-14(6-17(26)8-16)9-30-4-3-18(10-30)31-11-19(22-23(27)28-12-29-24(22)31)15-1-2-20-21(7-15)33-13-32-20/h1-2,5-8,11-12,18H,3-4,9-10,13H2,(H2,27,28,29)/t18-/m0/s1. The SMILES string of the molecule is Nc1ncnc2c1c(-c1ccc3c(c1)OCO3)cn2[C@H]1CCN(Cc2cc(F)cc(F)c2)C1. The molecule has 2 aromatic carbocycles. The summed E-state index contributed by atoms with van der Waals surface area (Å²) in [6.07, 6.45) is 4.41. The summed E-state index contributed by atoms with van der Waals surface area (Å²) in [7, 11) is 0. The summed E-state index contributed by atoms with van der Waals surface area (Å²) >= 11 is 0. The van der Waals surface area contributed by atoms with Crippen LogP contribution in [0.1, 0.15) is 18.0 Å². The van der Waals surface area contributed by atoms with Gasteiger partial charge in [-0.25, -0.2) is 18.7 Å². The van der Waals surface area contributed by atoms with Gasteiger partial charge in [-0.1, -0.05) is 6.07 Å². The number of hydrogen-bond donors (Lipinski definition) is 1. The van der Waals surface area contributed by atoms with Crippen molar-refractivity contribution in [1.82, 2.24) is 19.4 Å². The van der Waals surface area contributed by atoms with Crippen LogP contribution in [0.4, 0.5) is 14.6 Å². The van der Waals surface area contributed by atoms with Crippen molar-refractivity contribution in [2.75, 3.05) is 25.6 Å². The van der Waals surface area contributed by atoms with Crippen LogP contribution in [0, 0.1) is 11.6 Å². The Morgan fingerprint density at radius 1 is 1.03 bits per heavy atom. The van der Waals surface area contributed by atoms with Crippen molar-refractivity contribution in [3.63, 3.8) is 0 Å². The lowest BCUT2D eigenvalue weighted by Crippen LogP contribution is -2.21. The number of hydrogen-bond acceptors (Lipinski definition) is 6. The quantitative estimate of drug-likeness (QED) is 0.505. The van der Waals surface area contributed by atoms with Gasteiger partial charge in [-0.3, -0.25) is 4.90 Å². The molecule has 2 N–H and O–H groups in total. The van der Waals surface area contributed by atoms with E-state index < -0.39 is 11.6 Å². The Morgan fingerprint density at radius 3 is 2.70 bits per heavy atom. The number of halogens is 2. The number of benzene rings is 2. The van der Waals surface area contributed by atoms with Crippen molar-refractivity contribution in [3.05, 3.63) is 66.1 Å². The van der Waals surface area contributed by atoms with E-state index in [1.54, 1.807) is 0 Å². The Bertz CT molecular complexity index is 1350. The third-order valence-corrected chi connectivity index (χ3v) is 6.29. The molecule has 0 radical (unpaired) electrons. The first kappa shape index (κ1) is 19.9. The van der Waals surface area contributed by atoms with E-state index in [0.29, 0.717) is 29.4 Å². The minimum absolute atomic E-state index is 0.142. The number of nitrogens with two attached hydrogens (primary N) is 1. The van der Waals surface area contributed by atoms with Crippen molar-refractivity contribution in [3.8, 4) is 22.6 Å². The van der Waals surface area contributed by atoms with E-state index >= 15 is 0 Å². The number of nitrogen functional groups attached to an aromatic ring is 1. The van der Waals surface area contributed by atoms with Crippen LogP contribution >= 0.6 is 0 Å². The fourth-order valence-electron chi connectivity index (χ4n) is 4.81. The molecule has 1 atom stereocenters. The maximum absolute atomic E-state index is 13.6. The van der Waals surface area contributed by atoms with E-state index in [4.69, 9.17) is 15.2 Å². The Labute approximate surface area is 188 Å². The monoisotopic (exact) mass is 449 g/mol. The van der Waals surface area contributed by atoms with E-state index in [1.807, 2.05) is 18.2 Å². The molecule has 0 saturated carbocycles. The van der Waals surface area contributed by atoms with Gasteiger partial charge in [-0.2, -0.15) is 0 Å². The average molecular weight is 449 g/mol. The fourth-order valence-corrected chi connectivity index (χ4v) is 4.81. The second-order valence-electron chi connectivity index (χ2n) is 8.43. The van der Waals surface area contributed by atoms with Crippen LogP contribution < -0.4 is 15.2 Å². The van der Waals surface area contributed by atoms with Gasteiger partial charge < -0.3 is 19.8 Å². The van der Waals surface area contributed by atoms with Crippen LogP contribution in [0.15, 0.2) is 48.9 Å². The molecule has 4 heterocycles. The summed E-state index contributed by atoms with van der Waals surface area (Å²) in [5, 5.41) is 0.794. The number of anilines is 1. The molecule has 168 valence electrons. The lowest BCUT2D eigenvalue weighted by Gasteiger charge is -2.17. The van der Waals surface area contributed by atoms with Crippen molar-refractivity contribution in [2.24, 2.45) is 0 Å². The third-order valence-electron chi connectivity index (χ3n) is 6.29. The van der Waals surface area contributed by atoms with Gasteiger partial charge in [0.25, 0.3) is 0 Å². The van der Waals surface area contributed by atoms with E-state index in [0.717, 1.165) is 47.7 Å². The topological polar surface area (TPSA) is 78.4 Å². The molecule has 4 aromatic rings. The Hall–Kier alpha value is -3.72. The molecule has 0 bridgehead atoms. The lowest BCUT2D eigenvalue weighted by molar-refractivity contribution is 0.174. The number of ether oxygens (including phenoxy) is 2. The van der Waals surface area contributed by atoms with Crippen molar-refractivity contribution in [1.29, 1.82) is 0 Å². The molecule has 2 aliphatic heterocycles. The molecule has 1 saturated heterocycles. The first-order valence-corrected chi connectivity index (χ1v) is 10.7. The predicted molar refractivity (Wildman–Crippen MR) is 119 cm³/mol. The maximum Gasteiger partial charge on any atom is 0.231 e. The van der Waals surface area contributed by atoms with Crippen LogP contribution in [-0.2, 0) is 6.54 Å². The van der Waals surface area contributed by atoms with E-state index in [-0.39, 0.29) is 12.8 Å². The van der Waals surface area contributed by atoms with Crippen molar-refractivity contribution >= 4 is 16.9 Å². The van der Waals surface area contributed by atoms with Crippen molar-refractivity contribution < 1.29 is 18.3 Å². The van der Waals surface area contributed by atoms with E-state index in [2.05, 4.69) is 25.6 Å². The molecule has 2 aliphatic rings. The molecule has 0 amide bonds. The molecular formula is C24H21F2N5O2. The lowest BCUT2D eigenvalue weighted by atomic mass is 10.1. The molecule has 7 nitrogen and oxygen atoms in total. The molecule has 0 aliphatic carbocycles. The number of fused-ring (bicyclic) bond motifs is 2. The first-order valence-electron chi connectivity index (χ1n) is 10.7.